The Labute approximate surface area is 194 Å². The number of carbonyl (C=O) groups is 1. The number of anilines is 1. The molecule has 0 bridgehead atoms. The van der Waals surface area contributed by atoms with Gasteiger partial charge in [0.2, 0.25) is 15.9 Å². The van der Waals surface area contributed by atoms with E-state index in [1.165, 1.54) is 20.2 Å². The average Bonchev–Trinajstić information content (AvgIpc) is 2.77. The number of fused-ring (bicyclic) bond motifs is 2. The Kier molecular flexibility index (Phi) is 6.40. The lowest BCUT2D eigenvalue weighted by atomic mass is 9.98. The van der Waals surface area contributed by atoms with Crippen LogP contribution in [-0.2, 0) is 34.1 Å². The van der Waals surface area contributed by atoms with Crippen molar-refractivity contribution in [3.8, 4) is 0 Å². The highest BCUT2D eigenvalue weighted by molar-refractivity contribution is 7.89. The minimum absolute atomic E-state index is 0.171. The number of azo groups is 1. The predicted molar refractivity (Wildman–Crippen MR) is 129 cm³/mol. The standard InChI is InChI=1S/C25H26N4O3S/c1-17-8-12-21(16-24(17)33(31,32)29(2)3)26-25(30)15-18-9-13-23-20(14-18)11-10-19-6-4-5-7-22(19)27-28-23/h4-9,12-14,16H,10-11,15H2,1-3H3,(H,26,30). The Morgan fingerprint density at radius 3 is 2.39 bits per heavy atom. The summed E-state index contributed by atoms with van der Waals surface area (Å²) in [5.41, 5.74) is 5.84. The summed E-state index contributed by atoms with van der Waals surface area (Å²) in [6.45, 7) is 1.73. The highest BCUT2D eigenvalue weighted by Crippen LogP contribution is 2.31. The van der Waals surface area contributed by atoms with Crippen LogP contribution in [0.15, 0.2) is 75.8 Å². The maximum atomic E-state index is 12.7. The molecule has 1 N–H and O–H groups in total. The van der Waals surface area contributed by atoms with Crippen molar-refractivity contribution in [2.24, 2.45) is 10.2 Å². The molecule has 0 atom stereocenters. The Balaban J connectivity index is 1.50. The van der Waals surface area contributed by atoms with Gasteiger partial charge in [-0.15, -0.1) is 0 Å². The summed E-state index contributed by atoms with van der Waals surface area (Å²) in [4.78, 5) is 12.9. The Morgan fingerprint density at radius 1 is 0.939 bits per heavy atom. The number of nitrogens with zero attached hydrogens (tertiary/aromatic N) is 3. The van der Waals surface area contributed by atoms with Gasteiger partial charge in [-0.05, 0) is 66.3 Å². The Hall–Kier alpha value is -3.36. The van der Waals surface area contributed by atoms with Crippen molar-refractivity contribution in [2.75, 3.05) is 19.4 Å². The van der Waals surface area contributed by atoms with Gasteiger partial charge in [0.15, 0.2) is 0 Å². The van der Waals surface area contributed by atoms with Crippen LogP contribution in [0.5, 0.6) is 0 Å². The summed E-state index contributed by atoms with van der Waals surface area (Å²) in [7, 11) is -0.631. The van der Waals surface area contributed by atoms with Crippen LogP contribution in [0.4, 0.5) is 17.1 Å². The Morgan fingerprint density at radius 2 is 1.64 bits per heavy atom. The van der Waals surface area contributed by atoms with Crippen LogP contribution in [0.2, 0.25) is 0 Å². The number of benzene rings is 3. The van der Waals surface area contributed by atoms with Gasteiger partial charge >= 0.3 is 0 Å². The second-order valence-corrected chi connectivity index (χ2v) is 10.4. The van der Waals surface area contributed by atoms with E-state index in [0.717, 1.165) is 45.2 Å². The molecule has 1 amide bonds. The fourth-order valence-corrected chi connectivity index (χ4v) is 4.93. The van der Waals surface area contributed by atoms with Gasteiger partial charge in [0.1, 0.15) is 0 Å². The lowest BCUT2D eigenvalue weighted by molar-refractivity contribution is -0.115. The summed E-state index contributed by atoms with van der Waals surface area (Å²) < 4.78 is 26.3. The summed E-state index contributed by atoms with van der Waals surface area (Å²) >= 11 is 0. The second kappa shape index (κ2) is 9.25. The maximum Gasteiger partial charge on any atom is 0.242 e. The minimum atomic E-state index is -3.60. The lowest BCUT2D eigenvalue weighted by Crippen LogP contribution is -2.23. The summed E-state index contributed by atoms with van der Waals surface area (Å²) in [5, 5.41) is 11.6. The quantitative estimate of drug-likeness (QED) is 0.582. The van der Waals surface area contributed by atoms with Crippen molar-refractivity contribution in [1.29, 1.82) is 0 Å². The number of aryl methyl sites for hydroxylation is 3. The third-order valence-electron chi connectivity index (χ3n) is 5.66. The van der Waals surface area contributed by atoms with Gasteiger partial charge in [-0.3, -0.25) is 4.79 Å². The zero-order valence-corrected chi connectivity index (χ0v) is 19.7. The first kappa shape index (κ1) is 22.8. The summed E-state index contributed by atoms with van der Waals surface area (Å²) in [5.74, 6) is -0.218. The fourth-order valence-electron chi connectivity index (χ4n) is 3.79. The minimum Gasteiger partial charge on any atom is -0.326 e. The molecule has 4 rings (SSSR count). The van der Waals surface area contributed by atoms with Crippen molar-refractivity contribution >= 4 is 33.0 Å². The largest absolute Gasteiger partial charge is 0.326 e. The molecule has 1 heterocycles. The molecule has 0 radical (unpaired) electrons. The number of carbonyl (C=O) groups excluding carboxylic acids is 1. The molecule has 33 heavy (non-hydrogen) atoms. The van der Waals surface area contributed by atoms with Crippen LogP contribution < -0.4 is 5.32 Å². The number of hydrogen-bond donors (Lipinski definition) is 1. The molecule has 170 valence electrons. The molecule has 1 aliphatic heterocycles. The Bertz CT molecular complexity index is 1350. The van der Waals surface area contributed by atoms with Gasteiger partial charge in [-0.2, -0.15) is 10.2 Å². The fraction of sp³-hybridized carbons (Fsp3) is 0.240. The third kappa shape index (κ3) is 5.02. The molecule has 3 aromatic rings. The van der Waals surface area contributed by atoms with Gasteiger partial charge in [-0.1, -0.05) is 36.4 Å². The number of rotatable bonds is 5. The molecule has 0 spiro atoms. The topological polar surface area (TPSA) is 91.2 Å². The normalized spacial score (nSPS) is 13.1. The number of nitrogens with one attached hydrogen (secondary N) is 1. The smallest absolute Gasteiger partial charge is 0.242 e. The van der Waals surface area contributed by atoms with E-state index in [9.17, 15) is 13.2 Å². The van der Waals surface area contributed by atoms with Gasteiger partial charge in [-0.25, -0.2) is 12.7 Å². The van der Waals surface area contributed by atoms with Gasteiger partial charge in [0, 0.05) is 19.8 Å². The molecule has 0 unspecified atom stereocenters. The van der Waals surface area contributed by atoms with Crippen LogP contribution in [0.1, 0.15) is 22.3 Å². The van der Waals surface area contributed by atoms with E-state index in [4.69, 9.17) is 0 Å². The molecule has 0 aromatic heterocycles. The molecule has 3 aromatic carbocycles. The molecule has 1 aliphatic rings. The first-order chi connectivity index (χ1) is 15.7. The summed E-state index contributed by atoms with van der Waals surface area (Å²) in [6, 6.07) is 18.6. The van der Waals surface area contributed by atoms with Gasteiger partial charge in [0.05, 0.1) is 22.7 Å². The lowest BCUT2D eigenvalue weighted by Gasteiger charge is -2.15. The van der Waals surface area contributed by atoms with E-state index in [0.29, 0.717) is 11.3 Å². The van der Waals surface area contributed by atoms with Crippen LogP contribution in [0.25, 0.3) is 0 Å². The zero-order chi connectivity index (χ0) is 23.6. The number of hydrogen-bond acceptors (Lipinski definition) is 5. The molecule has 0 saturated carbocycles. The van der Waals surface area contributed by atoms with Crippen LogP contribution >= 0.6 is 0 Å². The van der Waals surface area contributed by atoms with Crippen LogP contribution in [0, 0.1) is 6.92 Å². The SMILES string of the molecule is Cc1ccc(NC(=O)Cc2ccc3c(c2)CCc2ccccc2N=N3)cc1S(=O)(=O)N(C)C. The van der Waals surface area contributed by atoms with Crippen molar-refractivity contribution in [2.45, 2.75) is 31.1 Å². The van der Waals surface area contributed by atoms with E-state index in [-0.39, 0.29) is 17.2 Å². The molecule has 8 heteroatoms. The molecule has 7 nitrogen and oxygen atoms in total. The average molecular weight is 463 g/mol. The van der Waals surface area contributed by atoms with Crippen molar-refractivity contribution in [3.63, 3.8) is 0 Å². The summed E-state index contributed by atoms with van der Waals surface area (Å²) in [6.07, 6.45) is 1.83. The van der Waals surface area contributed by atoms with Crippen LogP contribution in [-0.4, -0.2) is 32.7 Å². The number of amides is 1. The van der Waals surface area contributed by atoms with Crippen LogP contribution in [0.3, 0.4) is 0 Å². The van der Waals surface area contributed by atoms with Crippen molar-refractivity contribution in [3.05, 3.63) is 82.9 Å². The van der Waals surface area contributed by atoms with E-state index < -0.39 is 10.0 Å². The van der Waals surface area contributed by atoms with Crippen molar-refractivity contribution in [1.82, 2.24) is 4.31 Å². The predicted octanol–water partition coefficient (Wildman–Crippen LogP) is 4.94. The van der Waals surface area contributed by atoms with Gasteiger partial charge in [0.25, 0.3) is 0 Å². The molecule has 0 fully saturated rings. The maximum absolute atomic E-state index is 12.7. The van der Waals surface area contributed by atoms with E-state index in [2.05, 4.69) is 21.6 Å². The van der Waals surface area contributed by atoms with E-state index in [1.807, 2.05) is 36.4 Å². The number of sulfonamides is 1. The third-order valence-corrected chi connectivity index (χ3v) is 7.62. The molecule has 0 saturated heterocycles. The first-order valence-electron chi connectivity index (χ1n) is 10.7. The highest BCUT2D eigenvalue weighted by Gasteiger charge is 2.20. The molecule has 0 aliphatic carbocycles. The monoisotopic (exact) mass is 462 g/mol. The van der Waals surface area contributed by atoms with Crippen molar-refractivity contribution < 1.29 is 13.2 Å². The zero-order valence-electron chi connectivity index (χ0n) is 18.9. The highest BCUT2D eigenvalue weighted by atomic mass is 32.2. The molecular weight excluding hydrogens is 436 g/mol. The first-order valence-corrected chi connectivity index (χ1v) is 12.1. The second-order valence-electron chi connectivity index (χ2n) is 8.28. The van der Waals surface area contributed by atoms with Gasteiger partial charge < -0.3 is 5.32 Å². The van der Waals surface area contributed by atoms with E-state index >= 15 is 0 Å². The van der Waals surface area contributed by atoms with E-state index in [1.54, 1.807) is 19.1 Å². The molecular formula is C25H26N4O3S.